The summed E-state index contributed by atoms with van der Waals surface area (Å²) in [6.45, 7) is 3.51. The second-order valence-corrected chi connectivity index (χ2v) is 6.71. The maximum absolute atomic E-state index is 13.1. The van der Waals surface area contributed by atoms with Crippen LogP contribution in [0.1, 0.15) is 23.0 Å². The molecule has 4 rings (SSSR count). The lowest BCUT2D eigenvalue weighted by atomic mass is 9.92. The molecule has 0 amide bonds. The molecule has 0 atom stereocenters. The van der Waals surface area contributed by atoms with E-state index in [1.54, 1.807) is 19.9 Å². The summed E-state index contributed by atoms with van der Waals surface area (Å²) in [6, 6.07) is 23.5. The minimum Gasteiger partial charge on any atom is -0.462 e. The Kier molecular flexibility index (Phi) is 5.00. The highest BCUT2D eigenvalue weighted by molar-refractivity contribution is 5.98. The van der Waals surface area contributed by atoms with E-state index in [1.165, 1.54) is 0 Å². The van der Waals surface area contributed by atoms with Crippen molar-refractivity contribution >= 4 is 16.9 Å². The van der Waals surface area contributed by atoms with E-state index in [-0.39, 0.29) is 23.4 Å². The number of hydrogen-bond donors (Lipinski definition) is 0. The van der Waals surface area contributed by atoms with Gasteiger partial charge in [0.25, 0.3) is 0 Å². The second kappa shape index (κ2) is 7.76. The van der Waals surface area contributed by atoms with E-state index < -0.39 is 5.97 Å². The third-order valence-corrected chi connectivity index (χ3v) is 4.86. The van der Waals surface area contributed by atoms with E-state index in [9.17, 15) is 9.59 Å². The Morgan fingerprint density at radius 3 is 2.00 bits per heavy atom. The average molecular weight is 384 g/mol. The molecule has 4 heteroatoms. The van der Waals surface area contributed by atoms with Gasteiger partial charge >= 0.3 is 5.97 Å². The number of benzene rings is 3. The summed E-state index contributed by atoms with van der Waals surface area (Å²) in [5.41, 5.74) is 3.86. The molecule has 3 aromatic carbocycles. The molecule has 0 saturated carbocycles. The van der Waals surface area contributed by atoms with Crippen molar-refractivity contribution in [1.82, 2.24) is 0 Å². The second-order valence-electron chi connectivity index (χ2n) is 6.71. The molecule has 1 heterocycles. The number of hydrogen-bond acceptors (Lipinski definition) is 4. The molecule has 0 radical (unpaired) electrons. The lowest BCUT2D eigenvalue weighted by molar-refractivity contribution is 0.0521. The van der Waals surface area contributed by atoms with Crippen LogP contribution in [0.15, 0.2) is 82.0 Å². The summed E-state index contributed by atoms with van der Waals surface area (Å²) < 4.78 is 10.9. The van der Waals surface area contributed by atoms with Crippen LogP contribution in [0.25, 0.3) is 33.2 Å². The van der Waals surface area contributed by atoms with Gasteiger partial charge in [0.15, 0.2) is 0 Å². The highest BCUT2D eigenvalue weighted by Gasteiger charge is 2.21. The number of rotatable bonds is 4. The van der Waals surface area contributed by atoms with Crippen molar-refractivity contribution in [2.45, 2.75) is 13.8 Å². The van der Waals surface area contributed by atoms with Gasteiger partial charge in [-0.25, -0.2) is 4.79 Å². The van der Waals surface area contributed by atoms with Crippen LogP contribution in [-0.2, 0) is 4.74 Å². The zero-order valence-electron chi connectivity index (χ0n) is 16.3. The Bertz CT molecular complexity index is 1240. The van der Waals surface area contributed by atoms with Crippen LogP contribution in [0, 0.1) is 6.92 Å². The molecule has 0 fully saturated rings. The molecule has 0 aliphatic rings. The van der Waals surface area contributed by atoms with Gasteiger partial charge in [-0.05, 0) is 48.2 Å². The van der Waals surface area contributed by atoms with Crippen LogP contribution in [0.3, 0.4) is 0 Å². The normalized spacial score (nSPS) is 10.8. The van der Waals surface area contributed by atoms with E-state index in [4.69, 9.17) is 9.15 Å². The number of esters is 1. The SMILES string of the molecule is CCOC(=O)c1c(C)oc2cc(-c3ccccc3)c(-c3ccccc3)cc2c1=O. The molecule has 4 aromatic rings. The summed E-state index contributed by atoms with van der Waals surface area (Å²) in [7, 11) is 0. The van der Waals surface area contributed by atoms with Crippen LogP contribution in [0.4, 0.5) is 0 Å². The quantitative estimate of drug-likeness (QED) is 0.429. The predicted octanol–water partition coefficient (Wildman–Crippen LogP) is 5.61. The Labute approximate surface area is 168 Å². The first-order chi connectivity index (χ1) is 14.1. The van der Waals surface area contributed by atoms with Crippen LogP contribution < -0.4 is 5.43 Å². The van der Waals surface area contributed by atoms with Gasteiger partial charge in [0.05, 0.1) is 12.0 Å². The molecule has 0 bridgehead atoms. The molecular formula is C25H20O4. The minimum absolute atomic E-state index is 0.0502. The van der Waals surface area contributed by atoms with Crippen molar-refractivity contribution in [2.24, 2.45) is 0 Å². The van der Waals surface area contributed by atoms with Gasteiger partial charge in [0.2, 0.25) is 5.43 Å². The van der Waals surface area contributed by atoms with Crippen molar-refractivity contribution in [3.8, 4) is 22.3 Å². The molecule has 1 aromatic heterocycles. The fourth-order valence-electron chi connectivity index (χ4n) is 3.50. The molecule has 0 spiro atoms. The van der Waals surface area contributed by atoms with Gasteiger partial charge in [-0.3, -0.25) is 4.79 Å². The van der Waals surface area contributed by atoms with E-state index in [0.29, 0.717) is 11.0 Å². The Morgan fingerprint density at radius 1 is 0.897 bits per heavy atom. The maximum atomic E-state index is 13.1. The molecule has 0 saturated heterocycles. The first-order valence-corrected chi connectivity index (χ1v) is 9.49. The maximum Gasteiger partial charge on any atom is 0.345 e. The third-order valence-electron chi connectivity index (χ3n) is 4.86. The molecule has 29 heavy (non-hydrogen) atoms. The smallest absolute Gasteiger partial charge is 0.345 e. The Morgan fingerprint density at radius 2 is 1.45 bits per heavy atom. The van der Waals surface area contributed by atoms with Crippen LogP contribution >= 0.6 is 0 Å². The van der Waals surface area contributed by atoms with Crippen molar-refractivity contribution in [3.05, 3.63) is 94.3 Å². The highest BCUT2D eigenvalue weighted by atomic mass is 16.5. The average Bonchev–Trinajstić information content (AvgIpc) is 2.74. The number of carbonyl (C=O) groups excluding carboxylic acids is 1. The number of ether oxygens (including phenoxy) is 1. The van der Waals surface area contributed by atoms with Gasteiger partial charge in [-0.2, -0.15) is 0 Å². The van der Waals surface area contributed by atoms with Crippen molar-refractivity contribution in [2.75, 3.05) is 6.61 Å². The lowest BCUT2D eigenvalue weighted by Crippen LogP contribution is -2.19. The van der Waals surface area contributed by atoms with Crippen molar-refractivity contribution in [3.63, 3.8) is 0 Å². The Hall–Kier alpha value is -3.66. The van der Waals surface area contributed by atoms with E-state index >= 15 is 0 Å². The highest BCUT2D eigenvalue weighted by Crippen LogP contribution is 2.35. The third kappa shape index (κ3) is 3.45. The fourth-order valence-corrected chi connectivity index (χ4v) is 3.50. The zero-order valence-corrected chi connectivity index (χ0v) is 16.3. The first-order valence-electron chi connectivity index (χ1n) is 9.49. The predicted molar refractivity (Wildman–Crippen MR) is 114 cm³/mol. The standard InChI is InChI=1S/C25H20O4/c1-3-28-25(27)23-16(2)29-22-15-20(18-12-8-5-9-13-18)19(14-21(22)24(23)26)17-10-6-4-7-11-17/h4-15H,3H2,1-2H3. The number of aryl methyl sites for hydroxylation is 1. The number of carbonyl (C=O) groups is 1. The topological polar surface area (TPSA) is 56.5 Å². The molecule has 0 N–H and O–H groups in total. The monoisotopic (exact) mass is 384 g/mol. The lowest BCUT2D eigenvalue weighted by Gasteiger charge is -2.13. The van der Waals surface area contributed by atoms with Gasteiger partial charge in [0, 0.05) is 0 Å². The molecular weight excluding hydrogens is 364 g/mol. The zero-order chi connectivity index (χ0) is 20.4. The molecule has 0 aliphatic heterocycles. The molecule has 4 nitrogen and oxygen atoms in total. The summed E-state index contributed by atoms with van der Waals surface area (Å²) in [5, 5.41) is 0.359. The summed E-state index contributed by atoms with van der Waals surface area (Å²) in [6.07, 6.45) is 0. The molecule has 0 aliphatic carbocycles. The molecule has 0 unspecified atom stereocenters. The van der Waals surface area contributed by atoms with Gasteiger partial charge in [-0.15, -0.1) is 0 Å². The van der Waals surface area contributed by atoms with Crippen LogP contribution in [0.2, 0.25) is 0 Å². The van der Waals surface area contributed by atoms with Gasteiger partial charge in [-0.1, -0.05) is 60.7 Å². The first kappa shape index (κ1) is 18.7. The minimum atomic E-state index is -0.658. The van der Waals surface area contributed by atoms with Crippen LogP contribution in [-0.4, -0.2) is 12.6 Å². The summed E-state index contributed by atoms with van der Waals surface area (Å²) in [4.78, 5) is 25.4. The fraction of sp³-hybridized carbons (Fsp3) is 0.120. The van der Waals surface area contributed by atoms with E-state index in [0.717, 1.165) is 22.3 Å². The summed E-state index contributed by atoms with van der Waals surface area (Å²) >= 11 is 0. The van der Waals surface area contributed by atoms with Crippen molar-refractivity contribution in [1.29, 1.82) is 0 Å². The van der Waals surface area contributed by atoms with Crippen molar-refractivity contribution < 1.29 is 13.9 Å². The van der Waals surface area contributed by atoms with Crippen LogP contribution in [0.5, 0.6) is 0 Å². The largest absolute Gasteiger partial charge is 0.462 e. The van der Waals surface area contributed by atoms with E-state index in [2.05, 4.69) is 0 Å². The molecule has 144 valence electrons. The Balaban J connectivity index is 2.05. The van der Waals surface area contributed by atoms with E-state index in [1.807, 2.05) is 66.7 Å². The summed E-state index contributed by atoms with van der Waals surface area (Å²) in [5.74, 6) is -0.401. The number of fused-ring (bicyclic) bond motifs is 1. The van der Waals surface area contributed by atoms with Gasteiger partial charge in [0.1, 0.15) is 16.9 Å². The van der Waals surface area contributed by atoms with Gasteiger partial charge < -0.3 is 9.15 Å².